The summed E-state index contributed by atoms with van der Waals surface area (Å²) in [5, 5.41) is 5.93. The van der Waals surface area contributed by atoms with Crippen molar-refractivity contribution in [3.05, 3.63) is 76.1 Å². The normalized spacial score (nSPS) is 20.1. The lowest BCUT2D eigenvalue weighted by Gasteiger charge is -2.15. The molecule has 4 rings (SSSR count). The quantitative estimate of drug-likeness (QED) is 0.659. The number of carbonyl (C=O) groups is 1. The fourth-order valence-corrected chi connectivity index (χ4v) is 4.00. The van der Waals surface area contributed by atoms with Crippen LogP contribution in [0.1, 0.15) is 34.0 Å². The van der Waals surface area contributed by atoms with Gasteiger partial charge in [0.15, 0.2) is 5.82 Å². The van der Waals surface area contributed by atoms with Gasteiger partial charge in [-0.05, 0) is 30.0 Å². The number of hydrogen-bond acceptors (Lipinski definition) is 5. The molecule has 1 aliphatic rings. The second kappa shape index (κ2) is 7.25. The minimum absolute atomic E-state index is 0.0117. The van der Waals surface area contributed by atoms with Crippen LogP contribution in [0.15, 0.2) is 58.4 Å². The van der Waals surface area contributed by atoms with E-state index in [2.05, 4.69) is 22.3 Å². The molecule has 6 heteroatoms. The van der Waals surface area contributed by atoms with E-state index in [1.807, 2.05) is 53.6 Å². The molecule has 0 aliphatic carbocycles. The Morgan fingerprint density at radius 2 is 2.00 bits per heavy atom. The van der Waals surface area contributed by atoms with E-state index < -0.39 is 0 Å². The molecule has 1 fully saturated rings. The molecule has 1 aliphatic heterocycles. The fourth-order valence-electron chi connectivity index (χ4n) is 3.38. The van der Waals surface area contributed by atoms with Crippen molar-refractivity contribution in [1.82, 2.24) is 15.0 Å². The monoisotopic (exact) mass is 365 g/mol. The van der Waals surface area contributed by atoms with Crippen LogP contribution in [0, 0.1) is 6.92 Å². The molecular weight excluding hydrogens is 346 g/mol. The van der Waals surface area contributed by atoms with Crippen LogP contribution < -0.4 is 0 Å². The zero-order valence-electron chi connectivity index (χ0n) is 14.4. The predicted molar refractivity (Wildman–Crippen MR) is 101 cm³/mol. The molecule has 1 amide bonds. The summed E-state index contributed by atoms with van der Waals surface area (Å²) in [6, 6.07) is 14.2. The van der Waals surface area contributed by atoms with Gasteiger partial charge in [0.1, 0.15) is 0 Å². The number of aryl methyl sites for hydroxylation is 1. The lowest BCUT2D eigenvalue weighted by molar-refractivity contribution is -0.125. The average molecular weight is 365 g/mol. The number of likely N-dealkylation sites (tertiary alicyclic amines) is 1. The van der Waals surface area contributed by atoms with Crippen LogP contribution >= 0.6 is 11.3 Å². The summed E-state index contributed by atoms with van der Waals surface area (Å²) in [5.74, 6) is 1.40. The smallest absolute Gasteiger partial charge is 0.246 e. The fraction of sp³-hybridized carbons (Fsp3) is 0.250. The molecule has 2 atom stereocenters. The van der Waals surface area contributed by atoms with Crippen LogP contribution in [0.25, 0.3) is 6.08 Å². The number of amides is 1. The topological polar surface area (TPSA) is 59.2 Å². The summed E-state index contributed by atoms with van der Waals surface area (Å²) < 4.78 is 5.43. The van der Waals surface area contributed by atoms with E-state index in [9.17, 15) is 4.79 Å². The number of nitrogens with zero attached hydrogens (tertiary/aromatic N) is 3. The highest BCUT2D eigenvalue weighted by Gasteiger charge is 2.39. The highest BCUT2D eigenvalue weighted by atomic mass is 32.1. The van der Waals surface area contributed by atoms with E-state index in [0.717, 1.165) is 4.88 Å². The summed E-state index contributed by atoms with van der Waals surface area (Å²) in [6.07, 6.45) is 3.52. The Bertz CT molecular complexity index is 902. The van der Waals surface area contributed by atoms with Crippen molar-refractivity contribution in [3.63, 3.8) is 0 Å². The summed E-state index contributed by atoms with van der Waals surface area (Å²) in [4.78, 5) is 20.0. The van der Waals surface area contributed by atoms with E-state index in [1.165, 1.54) is 5.56 Å². The number of thiophene rings is 1. The van der Waals surface area contributed by atoms with Gasteiger partial charge in [0.2, 0.25) is 11.8 Å². The molecule has 26 heavy (non-hydrogen) atoms. The zero-order chi connectivity index (χ0) is 17.9. The summed E-state index contributed by atoms with van der Waals surface area (Å²) in [7, 11) is 0. The van der Waals surface area contributed by atoms with Gasteiger partial charge in [-0.3, -0.25) is 4.79 Å². The third kappa shape index (κ3) is 3.46. The van der Waals surface area contributed by atoms with Crippen LogP contribution in [0.5, 0.6) is 0 Å². The van der Waals surface area contributed by atoms with Crippen molar-refractivity contribution in [1.29, 1.82) is 0 Å². The predicted octanol–water partition coefficient (Wildman–Crippen LogP) is 3.86. The van der Waals surface area contributed by atoms with Crippen molar-refractivity contribution in [3.8, 4) is 0 Å². The lowest BCUT2D eigenvalue weighted by Crippen LogP contribution is -2.26. The van der Waals surface area contributed by atoms with Gasteiger partial charge in [-0.15, -0.1) is 11.3 Å². The van der Waals surface area contributed by atoms with Crippen LogP contribution in [-0.4, -0.2) is 34.0 Å². The Hall–Kier alpha value is -2.73. The van der Waals surface area contributed by atoms with Crippen LogP contribution in [0.4, 0.5) is 0 Å². The number of benzene rings is 1. The van der Waals surface area contributed by atoms with Gasteiger partial charge in [0.25, 0.3) is 0 Å². The Kier molecular flexibility index (Phi) is 4.67. The highest BCUT2D eigenvalue weighted by Crippen LogP contribution is 2.39. The maximum absolute atomic E-state index is 12.7. The molecule has 5 nitrogen and oxygen atoms in total. The summed E-state index contributed by atoms with van der Waals surface area (Å²) >= 11 is 1.61. The van der Waals surface area contributed by atoms with Gasteiger partial charge in [-0.25, -0.2) is 0 Å². The molecular formula is C20H19N3O2S. The van der Waals surface area contributed by atoms with Gasteiger partial charge in [0.05, 0.1) is 5.92 Å². The first-order valence-corrected chi connectivity index (χ1v) is 9.44. The Labute approximate surface area is 156 Å². The van der Waals surface area contributed by atoms with Gasteiger partial charge < -0.3 is 9.42 Å². The van der Waals surface area contributed by atoms with Crippen molar-refractivity contribution < 1.29 is 9.32 Å². The second-order valence-corrected chi connectivity index (χ2v) is 7.37. The molecule has 1 saturated heterocycles. The van der Waals surface area contributed by atoms with Gasteiger partial charge >= 0.3 is 0 Å². The molecule has 2 aromatic heterocycles. The largest absolute Gasteiger partial charge is 0.339 e. The van der Waals surface area contributed by atoms with Crippen LogP contribution in [0.3, 0.4) is 0 Å². The van der Waals surface area contributed by atoms with E-state index in [-0.39, 0.29) is 17.7 Å². The van der Waals surface area contributed by atoms with E-state index >= 15 is 0 Å². The number of hydrogen-bond donors (Lipinski definition) is 0. The van der Waals surface area contributed by atoms with Crippen molar-refractivity contribution in [2.75, 3.05) is 13.1 Å². The van der Waals surface area contributed by atoms with Crippen molar-refractivity contribution in [2.24, 2.45) is 0 Å². The summed E-state index contributed by atoms with van der Waals surface area (Å²) in [5.41, 5.74) is 1.19. The third-order valence-corrected chi connectivity index (χ3v) is 5.49. The molecule has 1 aromatic carbocycles. The van der Waals surface area contributed by atoms with E-state index in [0.29, 0.717) is 24.8 Å². The molecule has 132 valence electrons. The molecule has 3 heterocycles. The van der Waals surface area contributed by atoms with Crippen molar-refractivity contribution >= 4 is 23.3 Å². The first-order chi connectivity index (χ1) is 12.7. The lowest BCUT2D eigenvalue weighted by atomic mass is 9.89. The second-order valence-electron chi connectivity index (χ2n) is 6.40. The van der Waals surface area contributed by atoms with Gasteiger partial charge in [-0.2, -0.15) is 4.98 Å². The van der Waals surface area contributed by atoms with Gasteiger partial charge in [0, 0.05) is 30.0 Å². The van der Waals surface area contributed by atoms with Crippen LogP contribution in [0.2, 0.25) is 0 Å². The average Bonchev–Trinajstić information content (AvgIpc) is 3.40. The third-order valence-electron chi connectivity index (χ3n) is 4.65. The SMILES string of the molecule is Cc1noc(C2CN(C(=O)/C=C/c3cccs3)CC2c2ccccc2)n1. The Morgan fingerprint density at radius 3 is 2.69 bits per heavy atom. The minimum atomic E-state index is 0.0117. The maximum atomic E-state index is 12.7. The summed E-state index contributed by atoms with van der Waals surface area (Å²) in [6.45, 7) is 3.03. The minimum Gasteiger partial charge on any atom is -0.339 e. The number of rotatable bonds is 4. The van der Waals surface area contributed by atoms with Crippen molar-refractivity contribution in [2.45, 2.75) is 18.8 Å². The molecule has 0 radical (unpaired) electrons. The van der Waals surface area contributed by atoms with E-state index in [1.54, 1.807) is 17.4 Å². The molecule has 2 unspecified atom stereocenters. The number of aromatic nitrogens is 2. The maximum Gasteiger partial charge on any atom is 0.246 e. The molecule has 0 spiro atoms. The molecule has 0 saturated carbocycles. The highest BCUT2D eigenvalue weighted by molar-refractivity contribution is 7.10. The van der Waals surface area contributed by atoms with E-state index in [4.69, 9.17) is 4.52 Å². The van der Waals surface area contributed by atoms with Gasteiger partial charge in [-0.1, -0.05) is 41.6 Å². The Morgan fingerprint density at radius 1 is 1.19 bits per heavy atom. The standard InChI is InChI=1S/C20H19N3O2S/c1-14-21-20(25-22-14)18-13-23(12-17(18)15-6-3-2-4-7-15)19(24)10-9-16-8-5-11-26-16/h2-11,17-18H,12-13H2,1H3/b10-9+. The first kappa shape index (κ1) is 16.7. The van der Waals surface area contributed by atoms with Crippen LogP contribution in [-0.2, 0) is 4.79 Å². The molecule has 0 bridgehead atoms. The number of carbonyl (C=O) groups excluding carboxylic acids is 1. The Balaban J connectivity index is 1.57. The molecule has 0 N–H and O–H groups in total. The first-order valence-electron chi connectivity index (χ1n) is 8.56. The molecule has 3 aromatic rings. The zero-order valence-corrected chi connectivity index (χ0v) is 15.2.